The van der Waals surface area contributed by atoms with E-state index in [9.17, 15) is 0 Å². The second-order valence-electron chi connectivity index (χ2n) is 3.73. The van der Waals surface area contributed by atoms with Crippen molar-refractivity contribution in [3.05, 3.63) is 12.1 Å². The van der Waals surface area contributed by atoms with Crippen LogP contribution in [0.15, 0.2) is 12.1 Å². The van der Waals surface area contributed by atoms with Crippen LogP contribution in [0.5, 0.6) is 5.88 Å². The van der Waals surface area contributed by atoms with Crippen LogP contribution in [0, 0.1) is 0 Å². The molecule has 17 heavy (non-hydrogen) atoms. The van der Waals surface area contributed by atoms with Gasteiger partial charge in [0.15, 0.2) is 0 Å². The number of anilines is 2. The van der Waals surface area contributed by atoms with Crippen molar-refractivity contribution in [3.63, 3.8) is 0 Å². The SMILES string of the molecule is CCOc1nc(NC(CC)COC)ccc1N. The number of rotatable bonds is 7. The summed E-state index contributed by atoms with van der Waals surface area (Å²) in [5, 5.41) is 3.28. The van der Waals surface area contributed by atoms with Crippen molar-refractivity contribution in [2.45, 2.75) is 26.3 Å². The van der Waals surface area contributed by atoms with E-state index >= 15 is 0 Å². The number of hydrogen-bond acceptors (Lipinski definition) is 5. The van der Waals surface area contributed by atoms with E-state index < -0.39 is 0 Å². The Kier molecular flexibility index (Phi) is 5.56. The van der Waals surface area contributed by atoms with Gasteiger partial charge in [-0.2, -0.15) is 4.98 Å². The predicted molar refractivity (Wildman–Crippen MR) is 69.4 cm³/mol. The smallest absolute Gasteiger partial charge is 0.239 e. The minimum absolute atomic E-state index is 0.241. The van der Waals surface area contributed by atoms with Gasteiger partial charge in [-0.25, -0.2) is 0 Å². The second kappa shape index (κ2) is 6.96. The molecule has 0 aliphatic rings. The maximum atomic E-state index is 5.76. The summed E-state index contributed by atoms with van der Waals surface area (Å²) in [5.41, 5.74) is 6.31. The zero-order valence-electron chi connectivity index (χ0n) is 10.7. The predicted octanol–water partition coefficient (Wildman–Crippen LogP) is 1.90. The number of pyridine rings is 1. The average Bonchev–Trinajstić information content (AvgIpc) is 2.33. The van der Waals surface area contributed by atoms with Crippen LogP contribution in [0.1, 0.15) is 20.3 Å². The molecule has 0 radical (unpaired) electrons. The van der Waals surface area contributed by atoms with Crippen LogP contribution in [-0.2, 0) is 4.74 Å². The van der Waals surface area contributed by atoms with E-state index in [0.717, 1.165) is 12.2 Å². The van der Waals surface area contributed by atoms with Gasteiger partial charge in [-0.1, -0.05) is 6.92 Å². The Morgan fingerprint density at radius 3 is 2.76 bits per heavy atom. The van der Waals surface area contributed by atoms with Gasteiger partial charge in [0.05, 0.1) is 24.9 Å². The molecule has 0 amide bonds. The zero-order chi connectivity index (χ0) is 12.7. The molecule has 3 N–H and O–H groups in total. The Labute approximate surface area is 102 Å². The highest BCUT2D eigenvalue weighted by molar-refractivity contribution is 5.53. The van der Waals surface area contributed by atoms with Crippen LogP contribution in [-0.4, -0.2) is 31.3 Å². The molecule has 1 unspecified atom stereocenters. The summed E-state index contributed by atoms with van der Waals surface area (Å²) in [6.45, 7) is 5.20. The van der Waals surface area contributed by atoms with Crippen molar-refractivity contribution in [2.75, 3.05) is 31.4 Å². The second-order valence-corrected chi connectivity index (χ2v) is 3.73. The number of ether oxygens (including phenoxy) is 2. The van der Waals surface area contributed by atoms with Gasteiger partial charge in [0.25, 0.3) is 0 Å². The number of nitrogens with one attached hydrogen (secondary N) is 1. The molecule has 0 fully saturated rings. The first-order chi connectivity index (χ1) is 8.21. The maximum Gasteiger partial charge on any atom is 0.239 e. The molecule has 5 nitrogen and oxygen atoms in total. The Morgan fingerprint density at radius 1 is 1.41 bits per heavy atom. The fraction of sp³-hybridized carbons (Fsp3) is 0.583. The molecule has 0 aromatic carbocycles. The first-order valence-electron chi connectivity index (χ1n) is 5.86. The lowest BCUT2D eigenvalue weighted by Gasteiger charge is -2.17. The van der Waals surface area contributed by atoms with Crippen molar-refractivity contribution < 1.29 is 9.47 Å². The molecule has 0 saturated carbocycles. The Morgan fingerprint density at radius 2 is 2.18 bits per heavy atom. The van der Waals surface area contributed by atoms with E-state index in [4.69, 9.17) is 15.2 Å². The molecule has 0 bridgehead atoms. The van der Waals surface area contributed by atoms with Gasteiger partial charge < -0.3 is 20.5 Å². The number of methoxy groups -OCH3 is 1. The lowest BCUT2D eigenvalue weighted by molar-refractivity contribution is 0.184. The van der Waals surface area contributed by atoms with E-state index in [1.165, 1.54) is 0 Å². The highest BCUT2D eigenvalue weighted by Crippen LogP contribution is 2.21. The molecule has 0 spiro atoms. The third-order valence-electron chi connectivity index (χ3n) is 2.38. The van der Waals surface area contributed by atoms with E-state index in [1.807, 2.05) is 13.0 Å². The quantitative estimate of drug-likeness (QED) is 0.760. The highest BCUT2D eigenvalue weighted by Gasteiger charge is 2.08. The molecule has 0 aliphatic carbocycles. The normalized spacial score (nSPS) is 12.2. The van der Waals surface area contributed by atoms with Crippen LogP contribution in [0.3, 0.4) is 0 Å². The van der Waals surface area contributed by atoms with Crippen LogP contribution in [0.2, 0.25) is 0 Å². The number of nitrogen functional groups attached to an aromatic ring is 1. The molecule has 1 aromatic heterocycles. The average molecular weight is 239 g/mol. The molecule has 96 valence electrons. The van der Waals surface area contributed by atoms with E-state index in [2.05, 4.69) is 17.2 Å². The third kappa shape index (κ3) is 4.11. The molecule has 1 aromatic rings. The summed E-state index contributed by atoms with van der Waals surface area (Å²) in [5.74, 6) is 1.23. The first kappa shape index (κ1) is 13.6. The first-order valence-corrected chi connectivity index (χ1v) is 5.86. The van der Waals surface area contributed by atoms with Gasteiger partial charge in [-0.3, -0.25) is 0 Å². The van der Waals surface area contributed by atoms with E-state index in [-0.39, 0.29) is 6.04 Å². The molecule has 0 saturated heterocycles. The van der Waals surface area contributed by atoms with Crippen molar-refractivity contribution in [2.24, 2.45) is 0 Å². The Balaban J connectivity index is 2.73. The van der Waals surface area contributed by atoms with Crippen LogP contribution < -0.4 is 15.8 Å². The van der Waals surface area contributed by atoms with Crippen molar-refractivity contribution in [1.29, 1.82) is 0 Å². The number of nitrogens with two attached hydrogens (primary N) is 1. The van der Waals surface area contributed by atoms with Gasteiger partial charge in [0, 0.05) is 7.11 Å². The fourth-order valence-corrected chi connectivity index (χ4v) is 1.46. The fourth-order valence-electron chi connectivity index (χ4n) is 1.46. The van der Waals surface area contributed by atoms with Gasteiger partial charge in [0.1, 0.15) is 5.82 Å². The number of hydrogen-bond donors (Lipinski definition) is 2. The van der Waals surface area contributed by atoms with Crippen LogP contribution in [0.4, 0.5) is 11.5 Å². The van der Waals surface area contributed by atoms with Gasteiger partial charge in [0.2, 0.25) is 5.88 Å². The largest absolute Gasteiger partial charge is 0.476 e. The topological polar surface area (TPSA) is 69.4 Å². The standard InChI is InChI=1S/C12H21N3O2/c1-4-9(8-16-3)14-11-7-6-10(13)12(15-11)17-5-2/h6-7,9H,4-5,8,13H2,1-3H3,(H,14,15). The zero-order valence-corrected chi connectivity index (χ0v) is 10.7. The molecule has 1 rings (SSSR count). The summed E-state index contributed by atoms with van der Waals surface area (Å²) in [6.07, 6.45) is 0.962. The van der Waals surface area contributed by atoms with Gasteiger partial charge >= 0.3 is 0 Å². The molecule has 1 heterocycles. The van der Waals surface area contributed by atoms with Crippen molar-refractivity contribution in [3.8, 4) is 5.88 Å². The van der Waals surface area contributed by atoms with Crippen LogP contribution in [0.25, 0.3) is 0 Å². The van der Waals surface area contributed by atoms with Gasteiger partial charge in [-0.05, 0) is 25.5 Å². The summed E-state index contributed by atoms with van der Waals surface area (Å²) in [6, 6.07) is 3.88. The summed E-state index contributed by atoms with van der Waals surface area (Å²) >= 11 is 0. The van der Waals surface area contributed by atoms with E-state index in [1.54, 1.807) is 13.2 Å². The Hall–Kier alpha value is -1.49. The van der Waals surface area contributed by atoms with E-state index in [0.29, 0.717) is 24.8 Å². The highest BCUT2D eigenvalue weighted by atomic mass is 16.5. The summed E-state index contributed by atoms with van der Waals surface area (Å²) in [7, 11) is 1.69. The third-order valence-corrected chi connectivity index (χ3v) is 2.38. The molecule has 1 atom stereocenters. The molecular formula is C12H21N3O2. The summed E-state index contributed by atoms with van der Waals surface area (Å²) in [4.78, 5) is 4.32. The molecule has 0 aliphatic heterocycles. The minimum Gasteiger partial charge on any atom is -0.476 e. The maximum absolute atomic E-state index is 5.76. The number of nitrogens with zero attached hydrogens (tertiary/aromatic N) is 1. The monoisotopic (exact) mass is 239 g/mol. The minimum atomic E-state index is 0.241. The van der Waals surface area contributed by atoms with Gasteiger partial charge in [-0.15, -0.1) is 0 Å². The molecular weight excluding hydrogens is 218 g/mol. The Bertz CT molecular complexity index is 345. The van der Waals surface area contributed by atoms with Crippen molar-refractivity contribution in [1.82, 2.24) is 4.98 Å². The lowest BCUT2D eigenvalue weighted by atomic mass is 10.2. The van der Waals surface area contributed by atoms with Crippen molar-refractivity contribution >= 4 is 11.5 Å². The lowest BCUT2D eigenvalue weighted by Crippen LogP contribution is -2.24. The number of aromatic nitrogens is 1. The molecule has 5 heteroatoms. The van der Waals surface area contributed by atoms with Crippen LogP contribution >= 0.6 is 0 Å². The summed E-state index contributed by atoms with van der Waals surface area (Å²) < 4.78 is 10.5.